The minimum atomic E-state index is -0.224. The van der Waals surface area contributed by atoms with Crippen molar-refractivity contribution in [3.63, 3.8) is 0 Å². The van der Waals surface area contributed by atoms with Crippen LogP contribution in [0, 0.1) is 5.92 Å². The van der Waals surface area contributed by atoms with E-state index in [0.29, 0.717) is 42.6 Å². The Morgan fingerprint density at radius 3 is 2.39 bits per heavy atom. The molecule has 0 aliphatic heterocycles. The van der Waals surface area contributed by atoms with E-state index in [9.17, 15) is 9.59 Å². The summed E-state index contributed by atoms with van der Waals surface area (Å²) < 4.78 is 12.6. The van der Waals surface area contributed by atoms with E-state index in [1.807, 2.05) is 41.8 Å². The van der Waals surface area contributed by atoms with Crippen molar-refractivity contribution < 1.29 is 19.1 Å². The molecule has 0 saturated heterocycles. The van der Waals surface area contributed by atoms with Crippen molar-refractivity contribution in [3.8, 4) is 11.5 Å². The molecule has 170 valence electrons. The van der Waals surface area contributed by atoms with Crippen LogP contribution in [0.1, 0.15) is 43.2 Å². The summed E-state index contributed by atoms with van der Waals surface area (Å²) in [6.45, 7) is 7.82. The van der Waals surface area contributed by atoms with Gasteiger partial charge >= 0.3 is 0 Å². The van der Waals surface area contributed by atoms with E-state index in [4.69, 9.17) is 9.47 Å². The van der Waals surface area contributed by atoms with Crippen molar-refractivity contribution in [2.75, 3.05) is 33.9 Å². The normalized spacial score (nSPS) is 10.8. The minimum Gasteiger partial charge on any atom is -0.497 e. The van der Waals surface area contributed by atoms with Crippen molar-refractivity contribution >= 4 is 11.8 Å². The van der Waals surface area contributed by atoms with E-state index in [1.54, 1.807) is 30.2 Å². The fourth-order valence-electron chi connectivity index (χ4n) is 3.48. The monoisotopic (exact) mass is 429 g/mol. The molecule has 0 aliphatic rings. The van der Waals surface area contributed by atoms with Crippen molar-refractivity contribution in [1.29, 1.82) is 0 Å². The Hall–Kier alpha value is -2.96. The van der Waals surface area contributed by atoms with Gasteiger partial charge in [-0.25, -0.2) is 0 Å². The molecule has 0 N–H and O–H groups in total. The summed E-state index contributed by atoms with van der Waals surface area (Å²) in [4.78, 5) is 30.0. The number of rotatable bonds is 11. The second kappa shape index (κ2) is 11.4. The maximum atomic E-state index is 13.3. The van der Waals surface area contributed by atoms with Gasteiger partial charge in [-0.15, -0.1) is 0 Å². The number of ether oxygens (including phenoxy) is 2. The van der Waals surface area contributed by atoms with Crippen molar-refractivity contribution in [2.24, 2.45) is 13.0 Å². The van der Waals surface area contributed by atoms with Crippen LogP contribution in [0.3, 0.4) is 0 Å². The van der Waals surface area contributed by atoms with E-state index in [2.05, 4.69) is 13.8 Å². The summed E-state index contributed by atoms with van der Waals surface area (Å²) in [6, 6.07) is 9.07. The number of hydrogen-bond donors (Lipinski definition) is 0. The highest BCUT2D eigenvalue weighted by atomic mass is 16.5. The highest BCUT2D eigenvalue weighted by molar-refractivity contribution is 5.99. The fourth-order valence-corrected chi connectivity index (χ4v) is 3.48. The lowest BCUT2D eigenvalue weighted by atomic mass is 10.1. The van der Waals surface area contributed by atoms with Crippen LogP contribution in [0.5, 0.6) is 11.5 Å². The van der Waals surface area contributed by atoms with Gasteiger partial charge in [-0.1, -0.05) is 20.8 Å². The Labute approximate surface area is 185 Å². The standard InChI is InChI=1S/C24H35N3O4/c1-7-12-26(24(29)21-11-10-20(30-5)14-22(21)31-6)17-23(28)27(15-18(2)3)16-19-9-8-13-25(19)4/h8-11,13-14,18H,7,12,15-17H2,1-6H3. The highest BCUT2D eigenvalue weighted by Crippen LogP contribution is 2.26. The molecular weight excluding hydrogens is 394 g/mol. The molecule has 2 amide bonds. The lowest BCUT2D eigenvalue weighted by Crippen LogP contribution is -2.44. The van der Waals surface area contributed by atoms with Crippen LogP contribution < -0.4 is 9.47 Å². The molecule has 0 unspecified atom stereocenters. The SMILES string of the molecule is CCCN(CC(=O)N(Cc1cccn1C)CC(C)C)C(=O)c1ccc(OC)cc1OC. The van der Waals surface area contributed by atoms with Gasteiger partial charge in [0.15, 0.2) is 0 Å². The molecule has 1 heterocycles. The second-order valence-electron chi connectivity index (χ2n) is 8.07. The maximum Gasteiger partial charge on any atom is 0.258 e. The van der Waals surface area contributed by atoms with Crippen molar-refractivity contribution in [2.45, 2.75) is 33.7 Å². The number of carbonyl (C=O) groups excluding carboxylic acids is 2. The van der Waals surface area contributed by atoms with Gasteiger partial charge in [0, 0.05) is 38.1 Å². The smallest absolute Gasteiger partial charge is 0.258 e. The molecule has 0 aliphatic carbocycles. The average Bonchev–Trinajstić information content (AvgIpc) is 3.15. The number of nitrogens with zero attached hydrogens (tertiary/aromatic N) is 3. The number of carbonyl (C=O) groups is 2. The Morgan fingerprint density at radius 2 is 1.84 bits per heavy atom. The maximum absolute atomic E-state index is 13.3. The number of aryl methyl sites for hydroxylation is 1. The van der Waals surface area contributed by atoms with Crippen LogP contribution >= 0.6 is 0 Å². The third-order valence-electron chi connectivity index (χ3n) is 5.09. The topological polar surface area (TPSA) is 64.0 Å². The van der Waals surface area contributed by atoms with Gasteiger partial charge < -0.3 is 23.8 Å². The van der Waals surface area contributed by atoms with Gasteiger partial charge in [0.05, 0.1) is 26.3 Å². The molecular formula is C24H35N3O4. The summed E-state index contributed by atoms with van der Waals surface area (Å²) in [5.41, 5.74) is 1.47. The van der Waals surface area contributed by atoms with Gasteiger partial charge in [0.1, 0.15) is 18.0 Å². The molecule has 7 nitrogen and oxygen atoms in total. The van der Waals surface area contributed by atoms with Gasteiger partial charge in [-0.2, -0.15) is 0 Å². The van der Waals surface area contributed by atoms with E-state index in [-0.39, 0.29) is 18.4 Å². The van der Waals surface area contributed by atoms with Crippen LogP contribution in [0.4, 0.5) is 0 Å². The third-order valence-corrected chi connectivity index (χ3v) is 5.09. The van der Waals surface area contributed by atoms with Crippen molar-refractivity contribution in [3.05, 3.63) is 47.8 Å². The van der Waals surface area contributed by atoms with Crippen molar-refractivity contribution in [1.82, 2.24) is 14.4 Å². The first kappa shape index (κ1) is 24.3. The first-order chi connectivity index (χ1) is 14.8. The molecule has 2 aromatic rings. The first-order valence-electron chi connectivity index (χ1n) is 10.7. The van der Waals surface area contributed by atoms with Crippen LogP contribution in [0.15, 0.2) is 36.5 Å². The second-order valence-corrected chi connectivity index (χ2v) is 8.07. The Balaban J connectivity index is 2.24. The highest BCUT2D eigenvalue weighted by Gasteiger charge is 2.25. The number of hydrogen-bond acceptors (Lipinski definition) is 4. The number of benzene rings is 1. The summed E-state index contributed by atoms with van der Waals surface area (Å²) >= 11 is 0. The molecule has 0 fully saturated rings. The van der Waals surface area contributed by atoms with Gasteiger partial charge in [0.2, 0.25) is 5.91 Å². The first-order valence-corrected chi connectivity index (χ1v) is 10.7. The lowest BCUT2D eigenvalue weighted by Gasteiger charge is -2.29. The van der Waals surface area contributed by atoms with Gasteiger partial charge in [-0.05, 0) is 36.6 Å². The lowest BCUT2D eigenvalue weighted by molar-refractivity contribution is -0.133. The number of amides is 2. The van der Waals surface area contributed by atoms with E-state index >= 15 is 0 Å². The molecule has 0 spiro atoms. The number of aromatic nitrogens is 1. The average molecular weight is 430 g/mol. The third kappa shape index (κ3) is 6.51. The fraction of sp³-hybridized carbons (Fsp3) is 0.500. The molecule has 0 radical (unpaired) electrons. The van der Waals surface area contributed by atoms with Crippen LogP contribution in [0.2, 0.25) is 0 Å². The zero-order chi connectivity index (χ0) is 23.0. The number of methoxy groups -OCH3 is 2. The molecule has 0 bridgehead atoms. The molecule has 7 heteroatoms. The molecule has 1 aromatic carbocycles. The largest absolute Gasteiger partial charge is 0.497 e. The summed E-state index contributed by atoms with van der Waals surface area (Å²) in [7, 11) is 5.05. The van der Waals surface area contributed by atoms with Crippen LogP contribution in [-0.2, 0) is 18.4 Å². The zero-order valence-corrected chi connectivity index (χ0v) is 19.6. The predicted octanol–water partition coefficient (Wildman–Crippen LogP) is 3.58. The van der Waals surface area contributed by atoms with E-state index < -0.39 is 0 Å². The molecule has 1 aromatic heterocycles. The van der Waals surface area contributed by atoms with Crippen LogP contribution in [0.25, 0.3) is 0 Å². The summed E-state index contributed by atoms with van der Waals surface area (Å²) in [5.74, 6) is 1.07. The van der Waals surface area contributed by atoms with Gasteiger partial charge in [-0.3, -0.25) is 9.59 Å². The summed E-state index contributed by atoms with van der Waals surface area (Å²) in [6.07, 6.45) is 2.72. The van der Waals surface area contributed by atoms with Gasteiger partial charge in [0.25, 0.3) is 5.91 Å². The minimum absolute atomic E-state index is 0.0268. The van der Waals surface area contributed by atoms with E-state index in [1.165, 1.54) is 7.11 Å². The molecule has 0 atom stereocenters. The molecule has 31 heavy (non-hydrogen) atoms. The Bertz CT molecular complexity index is 875. The molecule has 0 saturated carbocycles. The molecule has 2 rings (SSSR count). The Morgan fingerprint density at radius 1 is 1.10 bits per heavy atom. The Kier molecular flexibility index (Phi) is 8.97. The quantitative estimate of drug-likeness (QED) is 0.548. The zero-order valence-electron chi connectivity index (χ0n) is 19.6. The van der Waals surface area contributed by atoms with E-state index in [0.717, 1.165) is 12.1 Å². The summed E-state index contributed by atoms with van der Waals surface area (Å²) in [5, 5.41) is 0. The predicted molar refractivity (Wildman–Crippen MR) is 121 cm³/mol. The van der Waals surface area contributed by atoms with Crippen LogP contribution in [-0.4, -0.2) is 60.0 Å².